The largest absolute Gasteiger partial charge is 0.309 e. The zero-order valence-corrected chi connectivity index (χ0v) is 78.0. The second kappa shape index (κ2) is 34.3. The second-order valence-corrected chi connectivity index (χ2v) is 37.7. The quantitative estimate of drug-likeness (QED) is 0.157. The Morgan fingerprint density at radius 3 is 0.969 bits per heavy atom. The Morgan fingerprint density at radius 1 is 0.177 bits per heavy atom. The van der Waals surface area contributed by atoms with Crippen molar-refractivity contribution < 1.29 is 0 Å². The first-order valence-electron chi connectivity index (χ1n) is 46.2. The van der Waals surface area contributed by atoms with Crippen molar-refractivity contribution >= 4 is 43.6 Å². The van der Waals surface area contributed by atoms with Gasteiger partial charge in [0.05, 0.1) is 32.9 Å². The van der Waals surface area contributed by atoms with Gasteiger partial charge in [0.2, 0.25) is 0 Å². The smallest absolute Gasteiger partial charge is 0.0716 e. The first-order chi connectivity index (χ1) is 63.0. The average molecular weight is 1680 g/mol. The number of hydrogen-bond acceptors (Lipinski definition) is 0. The number of aryl methyl sites for hydroxylation is 12. The molecule has 0 N–H and O–H groups in total. The molecule has 0 radical (unpaired) electrons. The minimum Gasteiger partial charge on any atom is -0.309 e. The predicted molar refractivity (Wildman–Crippen MR) is 554 cm³/mol. The summed E-state index contributed by atoms with van der Waals surface area (Å²) in [5.41, 5.74) is 51.4. The van der Waals surface area contributed by atoms with Crippen molar-refractivity contribution in [2.75, 3.05) is 0 Å². The number of fused-ring (bicyclic) bond motifs is 18. The SMILES string of the molecule is Cc1ccc(C)c2c1-c1ccccc1C2(C)C.Cc1ccc(C)c2c1-c1ccccc1C2(c1ccccc1)c1ccccc1.Cc1ccc2c(c1)C(C)(C)c1cccc(C)c1-2.Cc1ccc2c(c1)C(c1ccccc1)(c1ccccc1)c1cccc(C)c1-2.Cc1ccc2c(c1)c1cc(C)ccc1n2-c1ccccc1.Cc1ccc2c3ccc(C)cc3n(-c3ccccc3)c2c1. The van der Waals surface area contributed by atoms with Gasteiger partial charge < -0.3 is 9.13 Å². The van der Waals surface area contributed by atoms with Gasteiger partial charge in [0.25, 0.3) is 0 Å². The van der Waals surface area contributed by atoms with Gasteiger partial charge in [0, 0.05) is 43.7 Å². The summed E-state index contributed by atoms with van der Waals surface area (Å²) in [6.45, 7) is 35.7. The van der Waals surface area contributed by atoms with Crippen LogP contribution in [0.1, 0.15) is 161 Å². The Balaban J connectivity index is 0.000000102. The van der Waals surface area contributed by atoms with Crippen molar-refractivity contribution in [2.24, 2.45) is 0 Å². The van der Waals surface area contributed by atoms with Gasteiger partial charge in [-0.05, 0) is 300 Å². The first kappa shape index (κ1) is 85.0. The lowest BCUT2D eigenvalue weighted by molar-refractivity contribution is 0.655. The van der Waals surface area contributed by atoms with Gasteiger partial charge >= 0.3 is 0 Å². The maximum absolute atomic E-state index is 2.38. The van der Waals surface area contributed by atoms with Crippen molar-refractivity contribution in [3.8, 4) is 55.9 Å². The second-order valence-electron chi connectivity index (χ2n) is 37.7. The lowest BCUT2D eigenvalue weighted by atomic mass is 9.66. The Bertz CT molecular complexity index is 7490. The molecule has 0 spiro atoms. The van der Waals surface area contributed by atoms with Crippen LogP contribution < -0.4 is 0 Å². The van der Waals surface area contributed by atoms with Crippen molar-refractivity contribution in [2.45, 2.75) is 132 Å². The predicted octanol–water partition coefficient (Wildman–Crippen LogP) is 33.4. The van der Waals surface area contributed by atoms with Crippen LogP contribution in [0.15, 0.2) is 400 Å². The molecule has 4 aliphatic carbocycles. The van der Waals surface area contributed by atoms with E-state index < -0.39 is 0 Å². The van der Waals surface area contributed by atoms with Gasteiger partial charge in [0.15, 0.2) is 0 Å². The van der Waals surface area contributed by atoms with Crippen molar-refractivity contribution in [3.05, 3.63) is 534 Å². The molecule has 18 aromatic carbocycles. The highest BCUT2D eigenvalue weighted by Crippen LogP contribution is 2.60. The van der Waals surface area contributed by atoms with Crippen LogP contribution in [0.2, 0.25) is 0 Å². The Labute approximate surface area is 769 Å². The zero-order valence-electron chi connectivity index (χ0n) is 78.0. The highest BCUT2D eigenvalue weighted by atomic mass is 15.0. The van der Waals surface area contributed by atoms with Crippen molar-refractivity contribution in [1.29, 1.82) is 0 Å². The van der Waals surface area contributed by atoms with Crippen LogP contribution in [-0.4, -0.2) is 9.13 Å². The molecule has 0 unspecified atom stereocenters. The molecular formula is C128H114N2. The lowest BCUT2D eigenvalue weighted by Crippen LogP contribution is -2.29. The molecule has 20 aromatic rings. The topological polar surface area (TPSA) is 9.86 Å². The maximum Gasteiger partial charge on any atom is 0.0716 e. The molecule has 2 heteroatoms. The van der Waals surface area contributed by atoms with E-state index in [-0.39, 0.29) is 21.7 Å². The van der Waals surface area contributed by atoms with E-state index in [0.717, 1.165) is 0 Å². The third kappa shape index (κ3) is 14.4. The minimum atomic E-state index is -0.273. The van der Waals surface area contributed by atoms with E-state index in [9.17, 15) is 0 Å². The summed E-state index contributed by atoms with van der Waals surface area (Å²) in [6, 6.07) is 146. The lowest BCUT2D eigenvalue weighted by Gasteiger charge is -2.35. The van der Waals surface area contributed by atoms with Gasteiger partial charge in [0.1, 0.15) is 0 Å². The minimum absolute atomic E-state index is 0.141. The Morgan fingerprint density at radius 2 is 0.492 bits per heavy atom. The molecular weight excluding hydrogens is 1570 g/mol. The molecule has 4 aliphatic rings. The fourth-order valence-electron chi connectivity index (χ4n) is 22.4. The molecule has 0 atom stereocenters. The van der Waals surface area contributed by atoms with E-state index in [2.05, 4.69) is 520 Å². The maximum atomic E-state index is 2.38. The van der Waals surface area contributed by atoms with E-state index in [4.69, 9.17) is 0 Å². The molecule has 0 bridgehead atoms. The monoisotopic (exact) mass is 1680 g/mol. The number of benzene rings is 18. The van der Waals surface area contributed by atoms with Crippen LogP contribution in [0.3, 0.4) is 0 Å². The molecule has 2 nitrogen and oxygen atoms in total. The molecule has 0 fully saturated rings. The summed E-state index contributed by atoms with van der Waals surface area (Å²) < 4.78 is 4.72. The normalized spacial score (nSPS) is 13.5. The number of aromatic nitrogens is 2. The summed E-state index contributed by atoms with van der Waals surface area (Å²) in [7, 11) is 0. The number of hydrogen-bond donors (Lipinski definition) is 0. The van der Waals surface area contributed by atoms with E-state index >= 15 is 0 Å². The van der Waals surface area contributed by atoms with Crippen molar-refractivity contribution in [1.82, 2.24) is 9.13 Å². The van der Waals surface area contributed by atoms with Crippen LogP contribution in [-0.2, 0) is 21.7 Å². The molecule has 2 aromatic heterocycles. The molecule has 0 saturated heterocycles. The van der Waals surface area contributed by atoms with Crippen LogP contribution in [0.25, 0.3) is 99.5 Å². The third-order valence-corrected chi connectivity index (χ3v) is 28.3. The van der Waals surface area contributed by atoms with Crippen LogP contribution in [0.4, 0.5) is 0 Å². The number of rotatable bonds is 6. The van der Waals surface area contributed by atoms with E-state index in [1.165, 1.54) is 233 Å². The fraction of sp³-hybridized carbons (Fsp3) is 0.156. The standard InChI is InChI=1S/2C27H22.2C20H17N.2C17H18/c1-19-16-17-23-25(18-19)27(21-11-5-3-6-12-21,22-13-7-4-8-14-22)24-15-9-10-20(2)26(23)24;1-19-17-18-20(2)26-25(19)23-15-9-10-16-24(23)27(26,21-11-5-3-6-12-21)22-13-7-4-8-14-22;1-14-8-10-19-17(12-14)18-13-15(2)9-11-20(18)21(19)16-6-4-3-5-7-16;1-14-8-10-17-18-11-9-15(2)13-20(18)21(19(17)12-14)16-6-4-3-5-7-16;1-11-8-9-13-15(10-11)17(3,4)14-7-5-6-12(2)16(13)14;1-11-9-10-12(2)16-15(11)13-7-5-6-8-14(13)17(16,3)4/h2*3-18H,1-2H3;2*3-13H,1-2H3;2*5-10H,1-4H3. The molecule has 0 amide bonds. The number of nitrogens with zero attached hydrogens (tertiary/aromatic N) is 2. The van der Waals surface area contributed by atoms with Gasteiger partial charge in [-0.1, -0.05) is 390 Å². The van der Waals surface area contributed by atoms with Gasteiger partial charge in [-0.3, -0.25) is 0 Å². The summed E-state index contributed by atoms with van der Waals surface area (Å²) in [6.07, 6.45) is 0. The van der Waals surface area contributed by atoms with Crippen molar-refractivity contribution in [3.63, 3.8) is 0 Å². The number of para-hydroxylation sites is 2. The van der Waals surface area contributed by atoms with Gasteiger partial charge in [-0.15, -0.1) is 0 Å². The highest BCUT2D eigenvalue weighted by Gasteiger charge is 2.49. The van der Waals surface area contributed by atoms with Crippen LogP contribution in [0.5, 0.6) is 0 Å². The summed E-state index contributed by atoms with van der Waals surface area (Å²) in [4.78, 5) is 0. The van der Waals surface area contributed by atoms with Crippen LogP contribution in [0, 0.1) is 83.1 Å². The Hall–Kier alpha value is -14.4. The fourth-order valence-corrected chi connectivity index (χ4v) is 22.4. The van der Waals surface area contributed by atoms with Gasteiger partial charge in [-0.2, -0.15) is 0 Å². The zero-order chi connectivity index (χ0) is 90.1. The molecule has 0 saturated carbocycles. The van der Waals surface area contributed by atoms with E-state index in [1.54, 1.807) is 0 Å². The van der Waals surface area contributed by atoms with E-state index in [0.29, 0.717) is 0 Å². The molecule has 636 valence electrons. The summed E-state index contributed by atoms with van der Waals surface area (Å²) in [5, 5.41) is 5.30. The molecule has 130 heavy (non-hydrogen) atoms. The van der Waals surface area contributed by atoms with Crippen LogP contribution >= 0.6 is 0 Å². The summed E-state index contributed by atoms with van der Waals surface area (Å²) in [5.74, 6) is 0. The molecule has 2 heterocycles. The molecule has 0 aliphatic heterocycles. The highest BCUT2D eigenvalue weighted by molar-refractivity contribution is 6.11. The Kier molecular flexibility index (Phi) is 22.4. The van der Waals surface area contributed by atoms with E-state index in [1.807, 2.05) is 0 Å². The van der Waals surface area contributed by atoms with Gasteiger partial charge in [-0.25, -0.2) is 0 Å². The first-order valence-corrected chi connectivity index (χ1v) is 46.2. The summed E-state index contributed by atoms with van der Waals surface area (Å²) >= 11 is 0. The average Bonchev–Trinajstić information content (AvgIpc) is 1.53. The third-order valence-electron chi connectivity index (χ3n) is 28.3. The molecule has 24 rings (SSSR count).